The van der Waals surface area contributed by atoms with Crippen molar-refractivity contribution < 1.29 is 14.7 Å². The molecule has 2 heterocycles. The molecule has 0 unspecified atom stereocenters. The fraction of sp³-hybridized carbons (Fsp3) is 0.321. The Balaban J connectivity index is 1.17. The van der Waals surface area contributed by atoms with E-state index in [0.717, 1.165) is 31.4 Å². The number of benzene rings is 2. The second-order valence-electron chi connectivity index (χ2n) is 9.67. The molecule has 1 aliphatic carbocycles. The van der Waals surface area contributed by atoms with Crippen LogP contribution >= 0.6 is 23.2 Å². The van der Waals surface area contributed by atoms with Crippen LogP contribution in [0, 0.1) is 5.92 Å². The number of rotatable bonds is 7. The Morgan fingerprint density at radius 3 is 2.43 bits per heavy atom. The van der Waals surface area contributed by atoms with Gasteiger partial charge in [0.25, 0.3) is 11.7 Å². The van der Waals surface area contributed by atoms with E-state index in [9.17, 15) is 9.59 Å². The number of nitrogens with one attached hydrogen (secondary N) is 1. The first-order valence-electron chi connectivity index (χ1n) is 12.4. The smallest absolute Gasteiger partial charge is 0.303 e. The first-order chi connectivity index (χ1) is 17.9. The van der Waals surface area contributed by atoms with E-state index >= 15 is 0 Å². The third-order valence-electron chi connectivity index (χ3n) is 7.24. The van der Waals surface area contributed by atoms with E-state index in [1.165, 1.54) is 5.56 Å². The number of aliphatic imine (C=N–C) groups is 1. The molecule has 2 N–H and O–H groups in total. The van der Waals surface area contributed by atoms with Gasteiger partial charge in [0.1, 0.15) is 0 Å². The van der Waals surface area contributed by atoms with E-state index in [4.69, 9.17) is 28.3 Å². The zero-order valence-corrected chi connectivity index (χ0v) is 21.8. The highest BCUT2D eigenvalue weighted by atomic mass is 35.5. The van der Waals surface area contributed by atoms with Gasteiger partial charge in [0.05, 0.1) is 0 Å². The minimum Gasteiger partial charge on any atom is -0.481 e. The van der Waals surface area contributed by atoms with Crippen LogP contribution in [0.2, 0.25) is 10.0 Å². The number of nitrogens with zero attached hydrogens (tertiary/aromatic N) is 3. The third-order valence-corrected chi connectivity index (χ3v) is 7.95. The number of carbonyl (C=O) groups is 2. The Bertz CT molecular complexity index is 1260. The molecule has 3 aliphatic rings. The topological polar surface area (TPSA) is 87.9 Å². The lowest BCUT2D eigenvalue weighted by Crippen LogP contribution is -2.41. The van der Waals surface area contributed by atoms with Crippen molar-refractivity contribution in [3.05, 3.63) is 87.8 Å². The summed E-state index contributed by atoms with van der Waals surface area (Å²) >= 11 is 12.4. The second-order valence-corrected chi connectivity index (χ2v) is 10.5. The summed E-state index contributed by atoms with van der Waals surface area (Å²) in [5.74, 6) is 0.514. The van der Waals surface area contributed by atoms with Crippen molar-refractivity contribution in [3.8, 4) is 0 Å². The summed E-state index contributed by atoms with van der Waals surface area (Å²) in [4.78, 5) is 32.2. The molecule has 5 rings (SSSR count). The van der Waals surface area contributed by atoms with Gasteiger partial charge >= 0.3 is 5.97 Å². The molecule has 1 fully saturated rings. The van der Waals surface area contributed by atoms with Gasteiger partial charge in [0, 0.05) is 46.5 Å². The molecule has 2 aromatic rings. The summed E-state index contributed by atoms with van der Waals surface area (Å²) in [6.07, 6.45) is 9.90. The molecule has 1 saturated carbocycles. The lowest BCUT2D eigenvalue weighted by atomic mass is 9.77. The fourth-order valence-electron chi connectivity index (χ4n) is 5.17. The van der Waals surface area contributed by atoms with Gasteiger partial charge in [0.2, 0.25) is 6.67 Å². The average Bonchev–Trinajstić information content (AvgIpc) is 3.32. The van der Waals surface area contributed by atoms with Crippen LogP contribution in [-0.4, -0.2) is 29.5 Å². The zero-order chi connectivity index (χ0) is 25.9. The Hall–Kier alpha value is -3.13. The van der Waals surface area contributed by atoms with Gasteiger partial charge in [-0.1, -0.05) is 46.3 Å². The van der Waals surface area contributed by atoms with Gasteiger partial charge < -0.3 is 10.4 Å². The maximum Gasteiger partial charge on any atom is 0.303 e. The number of halogens is 2. The molecule has 2 aromatic carbocycles. The van der Waals surface area contributed by atoms with Gasteiger partial charge in [-0.05, 0) is 67.3 Å². The first-order valence-corrected chi connectivity index (χ1v) is 13.2. The highest BCUT2D eigenvalue weighted by Crippen LogP contribution is 2.37. The van der Waals surface area contributed by atoms with Crippen molar-refractivity contribution in [1.82, 2.24) is 10.2 Å². The SMILES string of the molecule is O=C(O)CC1CCC(c2ccc(N3C=CC4=NC(C(=O)NCc5c(Cl)cccc5Cl)=C[N+]4C3)cc2)CC1. The minimum atomic E-state index is -0.696. The van der Waals surface area contributed by atoms with Gasteiger partial charge in [-0.25, -0.2) is 0 Å². The van der Waals surface area contributed by atoms with Crippen LogP contribution in [0.5, 0.6) is 0 Å². The van der Waals surface area contributed by atoms with Gasteiger partial charge in [-0.15, -0.1) is 0 Å². The fourth-order valence-corrected chi connectivity index (χ4v) is 5.70. The molecule has 0 spiro atoms. The summed E-state index contributed by atoms with van der Waals surface area (Å²) in [6, 6.07) is 13.8. The molecule has 7 nitrogen and oxygen atoms in total. The van der Waals surface area contributed by atoms with Crippen molar-refractivity contribution >= 4 is 46.6 Å². The number of carboxylic acid groups (broad SMARTS) is 1. The van der Waals surface area contributed by atoms with E-state index in [0.29, 0.717) is 45.6 Å². The predicted molar refractivity (Wildman–Crippen MR) is 146 cm³/mol. The van der Waals surface area contributed by atoms with Crippen LogP contribution in [0.3, 0.4) is 0 Å². The highest BCUT2D eigenvalue weighted by molar-refractivity contribution is 6.36. The quantitative estimate of drug-likeness (QED) is 0.439. The van der Waals surface area contributed by atoms with Crippen LogP contribution in [0.15, 0.2) is 71.6 Å². The number of amidine groups is 1. The molecule has 1 radical (unpaired) electrons. The number of carboxylic acids is 1. The molecule has 0 atom stereocenters. The Labute approximate surface area is 226 Å². The Morgan fingerprint density at radius 2 is 1.76 bits per heavy atom. The molecule has 2 aliphatic heterocycles. The van der Waals surface area contributed by atoms with Gasteiger partial charge in [-0.2, -0.15) is 4.99 Å². The molecule has 9 heteroatoms. The van der Waals surface area contributed by atoms with Gasteiger partial charge in [-0.3, -0.25) is 14.5 Å². The lowest BCUT2D eigenvalue weighted by molar-refractivity contribution is -0.138. The third kappa shape index (κ3) is 5.90. The van der Waals surface area contributed by atoms with Crippen LogP contribution in [0.25, 0.3) is 0 Å². The summed E-state index contributed by atoms with van der Waals surface area (Å²) < 4.78 is 0. The van der Waals surface area contributed by atoms with E-state index < -0.39 is 5.97 Å². The first kappa shape index (κ1) is 25.5. The minimum absolute atomic E-state index is 0.217. The molecule has 0 bridgehead atoms. The number of hydrogen-bond donors (Lipinski definition) is 2. The Kier molecular flexibility index (Phi) is 7.65. The molecule has 37 heavy (non-hydrogen) atoms. The van der Waals surface area contributed by atoms with E-state index in [2.05, 4.69) is 39.5 Å². The molecule has 191 valence electrons. The Morgan fingerprint density at radius 1 is 1.05 bits per heavy atom. The maximum absolute atomic E-state index is 12.7. The maximum atomic E-state index is 12.7. The summed E-state index contributed by atoms with van der Waals surface area (Å²) in [5.41, 5.74) is 3.36. The number of amides is 1. The highest BCUT2D eigenvalue weighted by Gasteiger charge is 2.35. The van der Waals surface area contributed by atoms with Crippen molar-refractivity contribution in [2.45, 2.75) is 44.6 Å². The van der Waals surface area contributed by atoms with Crippen LogP contribution in [0.4, 0.5) is 5.69 Å². The molecule has 1 amide bonds. The van der Waals surface area contributed by atoms with Crippen LogP contribution in [0.1, 0.15) is 49.1 Å². The van der Waals surface area contributed by atoms with Crippen molar-refractivity contribution in [2.24, 2.45) is 10.9 Å². The molecular weight excluding hydrogens is 511 g/mol. The summed E-state index contributed by atoms with van der Waals surface area (Å²) in [7, 11) is 0. The monoisotopic (exact) mass is 538 g/mol. The molecular formula is C28H28Cl2N4O3+. The van der Waals surface area contributed by atoms with Crippen molar-refractivity contribution in [1.29, 1.82) is 0 Å². The second kappa shape index (κ2) is 11.1. The van der Waals surface area contributed by atoms with Crippen LogP contribution < -0.4 is 15.1 Å². The number of hydrogen-bond acceptors (Lipinski definition) is 5. The van der Waals surface area contributed by atoms with E-state index in [1.54, 1.807) is 24.4 Å². The summed E-state index contributed by atoms with van der Waals surface area (Å²) in [5, 5.41) is 12.9. The normalized spacial score (nSPS) is 21.3. The molecule has 0 aromatic heterocycles. The lowest BCUT2D eigenvalue weighted by Gasteiger charge is -2.28. The predicted octanol–water partition coefficient (Wildman–Crippen LogP) is 5.74. The average molecular weight is 539 g/mol. The summed E-state index contributed by atoms with van der Waals surface area (Å²) in [6.45, 7) is 0.761. The van der Waals surface area contributed by atoms with Crippen LogP contribution in [-0.2, 0) is 16.1 Å². The van der Waals surface area contributed by atoms with Crippen molar-refractivity contribution in [3.63, 3.8) is 0 Å². The molecule has 0 saturated heterocycles. The van der Waals surface area contributed by atoms with Crippen molar-refractivity contribution in [2.75, 3.05) is 11.6 Å². The van der Waals surface area contributed by atoms with E-state index in [1.807, 2.05) is 17.2 Å². The largest absolute Gasteiger partial charge is 0.481 e. The number of carbonyl (C=O) groups excluding carboxylic acids is 1. The van der Waals surface area contributed by atoms with E-state index in [-0.39, 0.29) is 18.9 Å². The zero-order valence-electron chi connectivity index (χ0n) is 20.2. The number of anilines is 1. The number of aliphatic carboxylic acids is 1. The number of fused-ring (bicyclic) bond motifs is 1. The standard InChI is InChI=1S/C28H28Cl2N4O3/c29-23-2-1-3-24(30)22(23)15-31-28(37)25-16-34-17-33(13-12-26(34)32-25)21-10-8-20(9-11-21)19-6-4-18(5-7-19)14-27(35)36/h1-3,8-13,16,18-19H,4-7,14-15,17H2,(H,31,37)(H,35,36)/q+1. The van der Waals surface area contributed by atoms with Gasteiger partial charge in [0.15, 0.2) is 11.9 Å².